The van der Waals surface area contributed by atoms with E-state index in [4.69, 9.17) is 0 Å². The first kappa shape index (κ1) is 27.5. The van der Waals surface area contributed by atoms with Crippen molar-refractivity contribution in [2.24, 2.45) is 0 Å². The van der Waals surface area contributed by atoms with Gasteiger partial charge in [0, 0.05) is 19.2 Å². The Balaban J connectivity index is 2.16. The second kappa shape index (κ2) is 10.3. The van der Waals surface area contributed by atoms with Crippen molar-refractivity contribution >= 4 is 5.82 Å². The van der Waals surface area contributed by atoms with Crippen molar-refractivity contribution in [3.8, 4) is 29.0 Å². The van der Waals surface area contributed by atoms with E-state index in [1.165, 1.54) is 6.92 Å². The number of benzene rings is 1. The van der Waals surface area contributed by atoms with Gasteiger partial charge in [-0.1, -0.05) is 6.07 Å². The summed E-state index contributed by atoms with van der Waals surface area (Å²) < 4.78 is 70.0. The van der Waals surface area contributed by atoms with Gasteiger partial charge in [0.15, 0.2) is 0 Å². The van der Waals surface area contributed by atoms with Gasteiger partial charge in [0.05, 0.1) is 41.2 Å². The topological polar surface area (TPSA) is 128 Å². The molecule has 0 radical (unpaired) electrons. The quantitative estimate of drug-likeness (QED) is 0.470. The third kappa shape index (κ3) is 4.75. The molecule has 1 saturated heterocycles. The summed E-state index contributed by atoms with van der Waals surface area (Å²) in [6, 6.07) is 5.83. The van der Waals surface area contributed by atoms with E-state index < -0.39 is 65.7 Å². The molecule has 3 aromatic rings. The zero-order valence-electron chi connectivity index (χ0n) is 20.2. The molecule has 9 nitrogen and oxygen atoms in total. The van der Waals surface area contributed by atoms with Crippen LogP contribution in [0.15, 0.2) is 46.2 Å². The van der Waals surface area contributed by atoms with Crippen LogP contribution in [0.3, 0.4) is 0 Å². The molecule has 0 unspecified atom stereocenters. The summed E-state index contributed by atoms with van der Waals surface area (Å²) >= 11 is 0. The Morgan fingerprint density at radius 3 is 2.44 bits per heavy atom. The average Bonchev–Trinajstić information content (AvgIpc) is 3.31. The first-order valence-corrected chi connectivity index (χ1v) is 11.4. The summed E-state index contributed by atoms with van der Waals surface area (Å²) in [5.41, 5.74) is -6.85. The van der Waals surface area contributed by atoms with Gasteiger partial charge in [0.25, 0.3) is 18.4 Å². The Labute approximate surface area is 217 Å². The highest BCUT2D eigenvalue weighted by Gasteiger charge is 2.46. The molecule has 0 amide bonds. The lowest BCUT2D eigenvalue weighted by atomic mass is 10.0. The molecule has 1 aliphatic heterocycles. The predicted octanol–water partition coefficient (Wildman–Crippen LogP) is 3.30. The van der Waals surface area contributed by atoms with Crippen LogP contribution < -0.4 is 16.1 Å². The molecule has 39 heavy (non-hydrogen) atoms. The number of aromatic nitrogens is 3. The number of alkyl halides is 4. The van der Waals surface area contributed by atoms with Crippen molar-refractivity contribution in [2.75, 3.05) is 18.0 Å². The average molecular weight is 546 g/mol. The lowest BCUT2D eigenvalue weighted by Crippen LogP contribution is -2.46. The van der Waals surface area contributed by atoms with Crippen LogP contribution in [-0.2, 0) is 0 Å². The van der Waals surface area contributed by atoms with Crippen LogP contribution in [0.5, 0.6) is 0 Å². The number of anilines is 1. The van der Waals surface area contributed by atoms with Crippen LogP contribution >= 0.6 is 0 Å². The van der Waals surface area contributed by atoms with Gasteiger partial charge in [-0.2, -0.15) is 10.5 Å². The van der Waals surface area contributed by atoms with Crippen LogP contribution in [0, 0.1) is 28.5 Å². The molecule has 1 fully saturated rings. The first-order chi connectivity index (χ1) is 18.4. The zero-order chi connectivity index (χ0) is 28.6. The summed E-state index contributed by atoms with van der Waals surface area (Å²) in [7, 11) is 0. The number of nitrogens with zero attached hydrogens (tertiary/aromatic N) is 6. The number of halogens is 5. The third-order valence-electron chi connectivity index (χ3n) is 6.46. The molecular formula is C25H19F5N6O3. The van der Waals surface area contributed by atoms with Crippen LogP contribution in [0.2, 0.25) is 0 Å². The van der Waals surface area contributed by atoms with Gasteiger partial charge in [-0.05, 0) is 30.7 Å². The summed E-state index contributed by atoms with van der Waals surface area (Å²) in [4.78, 5) is 32.6. The van der Waals surface area contributed by atoms with E-state index >= 15 is 0 Å². The smallest absolute Gasteiger partial charge is 0.338 e. The highest BCUT2D eigenvalue weighted by atomic mass is 19.3. The van der Waals surface area contributed by atoms with Crippen LogP contribution in [0.4, 0.5) is 27.8 Å². The molecule has 1 aromatic carbocycles. The van der Waals surface area contributed by atoms with Crippen molar-refractivity contribution in [1.29, 1.82) is 10.5 Å². The van der Waals surface area contributed by atoms with Gasteiger partial charge in [-0.25, -0.2) is 31.3 Å². The molecule has 4 rings (SSSR count). The standard InChI is InChI=1S/C25H19F5N6O3/c1-13(8-31)35-21(34-5-4-25(39,12-34)23(29)30)19(15-2-3-18(26)17(7-15)20(27)28)22(37)36(24(35)38)16-6-14(9-32)10-33-11-16/h2-3,6-7,10-11,13,20,23,39H,4-5,12H2,1H3/t13-,25-/m0/s1. The Bertz CT molecular complexity index is 1640. The van der Waals surface area contributed by atoms with Gasteiger partial charge >= 0.3 is 5.69 Å². The first-order valence-electron chi connectivity index (χ1n) is 11.4. The molecule has 1 aliphatic rings. The monoisotopic (exact) mass is 546 g/mol. The minimum absolute atomic E-state index is 0.0346. The van der Waals surface area contributed by atoms with E-state index in [9.17, 15) is 47.2 Å². The molecule has 2 atom stereocenters. The Kier molecular flexibility index (Phi) is 7.26. The van der Waals surface area contributed by atoms with Crippen molar-refractivity contribution in [2.45, 2.75) is 37.8 Å². The molecule has 2 aromatic heterocycles. The second-order valence-corrected chi connectivity index (χ2v) is 8.95. The molecule has 0 saturated carbocycles. The Morgan fingerprint density at radius 1 is 1.13 bits per heavy atom. The van der Waals surface area contributed by atoms with Gasteiger partial charge < -0.3 is 10.0 Å². The van der Waals surface area contributed by atoms with E-state index in [1.54, 1.807) is 6.07 Å². The molecular weight excluding hydrogens is 527 g/mol. The SMILES string of the molecule is C[C@@H](C#N)n1c(N2CC[C@@](O)(C(F)F)C2)c(-c2ccc(F)c(C(F)F)c2)c(=O)n(-c2cncc(C#N)c2)c1=O. The minimum Gasteiger partial charge on any atom is -0.382 e. The largest absolute Gasteiger partial charge is 0.382 e. The maximum atomic E-state index is 14.2. The Hall–Kier alpha value is -4.56. The van der Waals surface area contributed by atoms with Crippen molar-refractivity contribution in [3.05, 3.63) is 74.4 Å². The molecule has 14 heteroatoms. The third-order valence-corrected chi connectivity index (χ3v) is 6.46. The fourth-order valence-corrected chi connectivity index (χ4v) is 4.46. The molecule has 1 N–H and O–H groups in total. The van der Waals surface area contributed by atoms with Gasteiger partial charge in [-0.15, -0.1) is 0 Å². The summed E-state index contributed by atoms with van der Waals surface area (Å²) in [6.45, 7) is 0.231. The number of hydrogen-bond acceptors (Lipinski definition) is 7. The molecule has 0 aliphatic carbocycles. The summed E-state index contributed by atoms with van der Waals surface area (Å²) in [6.07, 6.45) is -4.72. The molecule has 202 valence electrons. The Morgan fingerprint density at radius 2 is 1.85 bits per heavy atom. The fourth-order valence-electron chi connectivity index (χ4n) is 4.46. The number of aliphatic hydroxyl groups is 1. The number of rotatable bonds is 6. The van der Waals surface area contributed by atoms with E-state index in [1.807, 2.05) is 6.07 Å². The van der Waals surface area contributed by atoms with Crippen molar-refractivity contribution in [3.63, 3.8) is 0 Å². The molecule has 3 heterocycles. The van der Waals surface area contributed by atoms with Crippen LogP contribution in [-0.4, -0.2) is 44.3 Å². The van der Waals surface area contributed by atoms with Gasteiger partial charge in [-0.3, -0.25) is 14.3 Å². The number of pyridine rings is 1. The number of β-amino-alcohol motifs (C(OH)–C–C–N with tert-alkyl or cyclic N) is 1. The maximum absolute atomic E-state index is 14.2. The minimum atomic E-state index is -3.29. The molecule has 0 spiro atoms. The lowest BCUT2D eigenvalue weighted by Gasteiger charge is -2.29. The highest BCUT2D eigenvalue weighted by molar-refractivity contribution is 5.77. The van der Waals surface area contributed by atoms with Crippen LogP contribution in [0.25, 0.3) is 16.8 Å². The van der Waals surface area contributed by atoms with Crippen molar-refractivity contribution < 1.29 is 27.1 Å². The van der Waals surface area contributed by atoms with E-state index in [-0.39, 0.29) is 29.2 Å². The second-order valence-electron chi connectivity index (χ2n) is 8.95. The molecule has 0 bridgehead atoms. The lowest BCUT2D eigenvalue weighted by molar-refractivity contribution is -0.0801. The zero-order valence-corrected chi connectivity index (χ0v) is 20.2. The highest BCUT2D eigenvalue weighted by Crippen LogP contribution is 2.37. The van der Waals surface area contributed by atoms with Gasteiger partial charge in [0.1, 0.15) is 29.3 Å². The van der Waals surface area contributed by atoms with Crippen LogP contribution in [0.1, 0.15) is 36.9 Å². The van der Waals surface area contributed by atoms with E-state index in [0.717, 1.165) is 34.0 Å². The summed E-state index contributed by atoms with van der Waals surface area (Å²) in [5.74, 6) is -1.66. The van der Waals surface area contributed by atoms with E-state index in [2.05, 4.69) is 4.98 Å². The number of nitriles is 2. The normalized spacial score (nSPS) is 17.9. The number of hydrogen-bond donors (Lipinski definition) is 1. The van der Waals surface area contributed by atoms with Gasteiger partial charge in [0.2, 0.25) is 0 Å². The summed E-state index contributed by atoms with van der Waals surface area (Å²) in [5, 5.41) is 29.4. The van der Waals surface area contributed by atoms with E-state index in [0.29, 0.717) is 16.7 Å². The fraction of sp³-hybridized carbons (Fsp3) is 0.320. The predicted molar refractivity (Wildman–Crippen MR) is 127 cm³/mol. The van der Waals surface area contributed by atoms with Crippen molar-refractivity contribution in [1.82, 2.24) is 14.1 Å². The maximum Gasteiger partial charge on any atom is 0.338 e.